The van der Waals surface area contributed by atoms with Crippen LogP contribution in [0.4, 0.5) is 0 Å². The van der Waals surface area contributed by atoms with Crippen molar-refractivity contribution >= 4 is 0 Å². The smallest absolute Gasteiger partial charge is 0.676 e. The summed E-state index contributed by atoms with van der Waals surface area (Å²) in [6.07, 6.45) is 0.283. The van der Waals surface area contributed by atoms with Gasteiger partial charge in [-0.1, -0.05) is 0 Å². The Morgan fingerprint density at radius 1 is 1.50 bits per heavy atom. The summed E-state index contributed by atoms with van der Waals surface area (Å²) in [5.41, 5.74) is 6.67. The van der Waals surface area contributed by atoms with Crippen LogP contribution in [-0.2, 0) is 4.74 Å². The molecule has 0 aromatic carbocycles. The molecule has 0 saturated carbocycles. The Balaban J connectivity index is 0. The minimum absolute atomic E-state index is 0. The third-order valence-corrected chi connectivity index (χ3v) is 0.553. The fraction of sp³-hybridized carbons (Fsp3) is 1.00. The first kappa shape index (κ1) is 11.3. The van der Waals surface area contributed by atoms with Crippen molar-refractivity contribution in [2.45, 2.75) is 20.0 Å². The maximum atomic E-state index is 6.67. The zero-order valence-corrected chi connectivity index (χ0v) is 5.90. The summed E-state index contributed by atoms with van der Waals surface area (Å²) in [6, 6.07) is 0. The molecule has 8 heavy (non-hydrogen) atoms. The molecular weight excluding hydrogens is 97.0 g/mol. The van der Waals surface area contributed by atoms with Crippen molar-refractivity contribution in [3.05, 3.63) is 5.73 Å². The molecule has 0 atom stereocenters. The van der Waals surface area contributed by atoms with E-state index in [4.69, 9.17) is 10.5 Å². The Hall–Kier alpha value is 0.517. The molecular formula is C5H12LiNO. The van der Waals surface area contributed by atoms with Crippen molar-refractivity contribution in [3.8, 4) is 0 Å². The summed E-state index contributed by atoms with van der Waals surface area (Å²) in [5, 5.41) is 0. The van der Waals surface area contributed by atoms with Gasteiger partial charge in [0.2, 0.25) is 0 Å². The largest absolute Gasteiger partial charge is 1.00 e. The normalized spacial score (nSPS) is 9.00. The van der Waals surface area contributed by atoms with Crippen LogP contribution < -0.4 is 18.9 Å². The standard InChI is InChI=1S/C5H12NO.Li/c1-5(2)7-4-3-6;/h5-6H,3-4H2,1-2H3;/q-1;+1. The molecule has 1 N–H and O–H groups in total. The Morgan fingerprint density at radius 2 is 2.00 bits per heavy atom. The van der Waals surface area contributed by atoms with Crippen molar-refractivity contribution in [3.63, 3.8) is 0 Å². The Bertz CT molecular complexity index is 41.4. The first-order chi connectivity index (χ1) is 3.27. The molecule has 0 fully saturated rings. The van der Waals surface area contributed by atoms with E-state index in [2.05, 4.69) is 0 Å². The molecule has 2 nitrogen and oxygen atoms in total. The predicted molar refractivity (Wildman–Crippen MR) is 30.3 cm³/mol. The second kappa shape index (κ2) is 7.52. The summed E-state index contributed by atoms with van der Waals surface area (Å²) in [6.45, 7) is 4.88. The van der Waals surface area contributed by atoms with Gasteiger partial charge in [-0.3, -0.25) is 0 Å². The molecule has 0 rings (SSSR count). The van der Waals surface area contributed by atoms with Gasteiger partial charge in [-0.15, -0.1) is 6.54 Å². The monoisotopic (exact) mass is 109 g/mol. The molecule has 0 aliphatic carbocycles. The molecule has 0 aliphatic heterocycles. The Kier molecular flexibility index (Phi) is 10.6. The van der Waals surface area contributed by atoms with E-state index < -0.39 is 0 Å². The molecule has 0 radical (unpaired) electrons. The number of hydrogen-bond acceptors (Lipinski definition) is 1. The third-order valence-electron chi connectivity index (χ3n) is 0.553. The van der Waals surface area contributed by atoms with E-state index in [0.717, 1.165) is 0 Å². The summed E-state index contributed by atoms with van der Waals surface area (Å²) < 4.78 is 5.00. The van der Waals surface area contributed by atoms with Crippen LogP contribution in [0.3, 0.4) is 0 Å². The second-order valence-electron chi connectivity index (χ2n) is 1.67. The number of nitrogens with one attached hydrogen (secondary N) is 1. The minimum Gasteiger partial charge on any atom is -0.676 e. The summed E-state index contributed by atoms with van der Waals surface area (Å²) in [7, 11) is 0. The molecule has 3 heteroatoms. The number of rotatable bonds is 3. The Labute approximate surface area is 63.0 Å². The number of ether oxygens (including phenoxy) is 1. The maximum Gasteiger partial charge on any atom is 1.00 e. The zero-order chi connectivity index (χ0) is 5.70. The van der Waals surface area contributed by atoms with Crippen LogP contribution in [0.15, 0.2) is 0 Å². The van der Waals surface area contributed by atoms with Crippen molar-refractivity contribution < 1.29 is 23.6 Å². The van der Waals surface area contributed by atoms with Gasteiger partial charge in [-0.2, -0.15) is 0 Å². The first-order valence-electron chi connectivity index (χ1n) is 2.53. The minimum atomic E-state index is 0. The first-order valence-corrected chi connectivity index (χ1v) is 2.53. The molecule has 0 aromatic rings. The molecule has 0 heterocycles. The van der Waals surface area contributed by atoms with Gasteiger partial charge >= 0.3 is 18.9 Å². The van der Waals surface area contributed by atoms with Crippen LogP contribution >= 0.6 is 0 Å². The van der Waals surface area contributed by atoms with Crippen molar-refractivity contribution in [2.24, 2.45) is 0 Å². The van der Waals surface area contributed by atoms with Crippen molar-refractivity contribution in [1.82, 2.24) is 0 Å². The maximum absolute atomic E-state index is 6.67. The van der Waals surface area contributed by atoms with Crippen LogP contribution in [-0.4, -0.2) is 19.3 Å². The summed E-state index contributed by atoms with van der Waals surface area (Å²) >= 11 is 0. The summed E-state index contributed by atoms with van der Waals surface area (Å²) in [5.74, 6) is 0. The van der Waals surface area contributed by atoms with Gasteiger partial charge in [-0.25, -0.2) is 0 Å². The second-order valence-corrected chi connectivity index (χ2v) is 1.67. The van der Waals surface area contributed by atoms with E-state index in [9.17, 15) is 0 Å². The third kappa shape index (κ3) is 9.72. The zero-order valence-electron chi connectivity index (χ0n) is 5.90. The van der Waals surface area contributed by atoms with Crippen molar-refractivity contribution in [2.75, 3.05) is 13.2 Å². The molecule has 0 aliphatic rings. The van der Waals surface area contributed by atoms with E-state index in [1.807, 2.05) is 13.8 Å². The fourth-order valence-corrected chi connectivity index (χ4v) is 0.295. The molecule has 0 saturated heterocycles. The molecule has 0 spiro atoms. The average molecular weight is 109 g/mol. The fourth-order valence-electron chi connectivity index (χ4n) is 0.295. The van der Waals surface area contributed by atoms with Gasteiger partial charge in [0.05, 0.1) is 6.10 Å². The van der Waals surface area contributed by atoms with Gasteiger partial charge in [0.15, 0.2) is 0 Å². The van der Waals surface area contributed by atoms with Gasteiger partial charge in [0.25, 0.3) is 0 Å². The van der Waals surface area contributed by atoms with E-state index in [0.29, 0.717) is 13.2 Å². The van der Waals surface area contributed by atoms with Crippen LogP contribution in [0.5, 0.6) is 0 Å². The Morgan fingerprint density at radius 3 is 2.12 bits per heavy atom. The molecule has 0 unspecified atom stereocenters. The van der Waals surface area contributed by atoms with Crippen molar-refractivity contribution in [1.29, 1.82) is 0 Å². The van der Waals surface area contributed by atoms with Gasteiger partial charge in [0.1, 0.15) is 0 Å². The topological polar surface area (TPSA) is 33.0 Å². The predicted octanol–water partition coefficient (Wildman–Crippen LogP) is -1.53. The van der Waals surface area contributed by atoms with E-state index in [1.165, 1.54) is 0 Å². The average Bonchev–Trinajstić information content (AvgIpc) is 1.61. The van der Waals surface area contributed by atoms with Crippen LogP contribution in [0.25, 0.3) is 5.73 Å². The van der Waals surface area contributed by atoms with Gasteiger partial charge in [0, 0.05) is 6.61 Å². The van der Waals surface area contributed by atoms with Gasteiger partial charge in [-0.05, 0) is 13.8 Å². The van der Waals surface area contributed by atoms with E-state index in [-0.39, 0.29) is 25.0 Å². The molecule has 0 amide bonds. The summed E-state index contributed by atoms with van der Waals surface area (Å²) in [4.78, 5) is 0. The van der Waals surface area contributed by atoms with Crippen LogP contribution in [0.1, 0.15) is 13.8 Å². The van der Waals surface area contributed by atoms with Crippen LogP contribution in [0.2, 0.25) is 0 Å². The number of hydrogen-bond donors (Lipinski definition) is 0. The van der Waals surface area contributed by atoms with E-state index >= 15 is 0 Å². The molecule has 44 valence electrons. The molecule has 0 aromatic heterocycles. The van der Waals surface area contributed by atoms with E-state index in [1.54, 1.807) is 0 Å². The van der Waals surface area contributed by atoms with Crippen LogP contribution in [0, 0.1) is 0 Å². The quantitative estimate of drug-likeness (QED) is 0.405. The van der Waals surface area contributed by atoms with Gasteiger partial charge < -0.3 is 10.5 Å². The molecule has 0 bridgehead atoms. The SMILES string of the molecule is CC(C)OCC[NH-].[Li+].